The molecule has 1 aliphatic heterocycles. The summed E-state index contributed by atoms with van der Waals surface area (Å²) in [5.41, 5.74) is 8.59. The molecule has 0 spiro atoms. The second-order valence-electron chi connectivity index (χ2n) is 8.20. The van der Waals surface area contributed by atoms with Gasteiger partial charge in [-0.1, -0.05) is 50.2 Å². The smallest absolute Gasteiger partial charge is 0.261 e. The number of nitrogens with one attached hydrogen (secondary N) is 3. The third-order valence-electron chi connectivity index (χ3n) is 5.49. The summed E-state index contributed by atoms with van der Waals surface area (Å²) < 4.78 is 0. The number of carbonyl (C=O) groups excluding carboxylic acids is 3. The molecule has 164 valence electrons. The van der Waals surface area contributed by atoms with Gasteiger partial charge in [0.05, 0.1) is 6.54 Å². The van der Waals surface area contributed by atoms with Crippen LogP contribution in [-0.4, -0.2) is 36.9 Å². The number of fused-ring (bicyclic) bond motifs is 1. The molecular weight excluding hydrogens is 392 g/mol. The van der Waals surface area contributed by atoms with E-state index < -0.39 is 11.9 Å². The van der Waals surface area contributed by atoms with Crippen molar-refractivity contribution in [3.63, 3.8) is 0 Å². The van der Waals surface area contributed by atoms with Crippen LogP contribution in [0.5, 0.6) is 0 Å². The molecule has 7 heteroatoms. The summed E-state index contributed by atoms with van der Waals surface area (Å²) in [5.74, 6) is -1.23. The van der Waals surface area contributed by atoms with Gasteiger partial charge in [-0.05, 0) is 48.9 Å². The lowest BCUT2D eigenvalue weighted by Crippen LogP contribution is -2.55. The summed E-state index contributed by atoms with van der Waals surface area (Å²) >= 11 is 0. The Bertz CT molecular complexity index is 957. The SMILES string of the molecule is Cc1ccccc1C(=O)N[C@H](C(=O)NNC(=O)CN1CCCc2ccccc21)C(C)C. The molecule has 0 unspecified atom stereocenters. The lowest BCUT2D eigenvalue weighted by atomic mass is 10.0. The van der Waals surface area contributed by atoms with Crippen molar-refractivity contribution in [2.75, 3.05) is 18.0 Å². The highest BCUT2D eigenvalue weighted by Gasteiger charge is 2.26. The average molecular weight is 423 g/mol. The zero-order chi connectivity index (χ0) is 22.4. The molecule has 0 aliphatic carbocycles. The van der Waals surface area contributed by atoms with Crippen molar-refractivity contribution in [1.29, 1.82) is 0 Å². The maximum atomic E-state index is 12.7. The maximum Gasteiger partial charge on any atom is 0.261 e. The van der Waals surface area contributed by atoms with E-state index in [2.05, 4.69) is 22.2 Å². The van der Waals surface area contributed by atoms with Crippen molar-refractivity contribution in [2.45, 2.75) is 39.7 Å². The van der Waals surface area contributed by atoms with Crippen molar-refractivity contribution in [3.8, 4) is 0 Å². The molecule has 31 heavy (non-hydrogen) atoms. The molecule has 3 N–H and O–H groups in total. The van der Waals surface area contributed by atoms with E-state index in [0.29, 0.717) is 5.56 Å². The highest BCUT2D eigenvalue weighted by molar-refractivity contribution is 5.99. The highest BCUT2D eigenvalue weighted by Crippen LogP contribution is 2.26. The molecule has 0 bridgehead atoms. The number of anilines is 1. The summed E-state index contributed by atoms with van der Waals surface area (Å²) in [6, 6.07) is 14.5. The number of para-hydroxylation sites is 1. The van der Waals surface area contributed by atoms with Gasteiger partial charge in [-0.2, -0.15) is 0 Å². The Morgan fingerprint density at radius 3 is 2.45 bits per heavy atom. The minimum atomic E-state index is -0.775. The van der Waals surface area contributed by atoms with Gasteiger partial charge in [-0.25, -0.2) is 0 Å². The molecule has 0 saturated carbocycles. The van der Waals surface area contributed by atoms with Crippen LogP contribution in [0.15, 0.2) is 48.5 Å². The molecule has 2 aromatic carbocycles. The Kier molecular flexibility index (Phi) is 7.28. The zero-order valence-corrected chi connectivity index (χ0v) is 18.3. The number of hydrazine groups is 1. The second-order valence-corrected chi connectivity index (χ2v) is 8.20. The van der Waals surface area contributed by atoms with Crippen LogP contribution in [0.2, 0.25) is 0 Å². The van der Waals surface area contributed by atoms with Crippen molar-refractivity contribution in [2.24, 2.45) is 5.92 Å². The van der Waals surface area contributed by atoms with Gasteiger partial charge < -0.3 is 10.2 Å². The van der Waals surface area contributed by atoms with Crippen LogP contribution >= 0.6 is 0 Å². The lowest BCUT2D eigenvalue weighted by Gasteiger charge is -2.30. The average Bonchev–Trinajstić information content (AvgIpc) is 2.76. The number of rotatable bonds is 6. The first-order valence-corrected chi connectivity index (χ1v) is 10.6. The molecule has 3 amide bonds. The summed E-state index contributed by atoms with van der Waals surface area (Å²) in [6.07, 6.45) is 1.98. The predicted octanol–water partition coefficient (Wildman–Crippen LogP) is 2.35. The molecule has 7 nitrogen and oxygen atoms in total. The Hall–Kier alpha value is -3.35. The summed E-state index contributed by atoms with van der Waals surface area (Å²) in [4.78, 5) is 39.8. The van der Waals surface area contributed by atoms with Crippen LogP contribution in [0.4, 0.5) is 5.69 Å². The number of carbonyl (C=O) groups is 3. The molecule has 0 saturated heterocycles. The van der Waals surface area contributed by atoms with Crippen LogP contribution in [-0.2, 0) is 16.0 Å². The fourth-order valence-electron chi connectivity index (χ4n) is 3.78. The van der Waals surface area contributed by atoms with Crippen molar-refractivity contribution in [3.05, 3.63) is 65.2 Å². The van der Waals surface area contributed by atoms with Gasteiger partial charge >= 0.3 is 0 Å². The molecule has 0 fully saturated rings. The van der Waals surface area contributed by atoms with Crippen LogP contribution in [0.3, 0.4) is 0 Å². The summed E-state index contributed by atoms with van der Waals surface area (Å²) in [7, 11) is 0. The number of benzene rings is 2. The Balaban J connectivity index is 1.56. The normalized spacial score (nSPS) is 13.9. The fourth-order valence-corrected chi connectivity index (χ4v) is 3.78. The van der Waals surface area contributed by atoms with E-state index in [0.717, 1.165) is 30.6 Å². The number of amides is 3. The lowest BCUT2D eigenvalue weighted by molar-refractivity contribution is -0.130. The van der Waals surface area contributed by atoms with E-state index in [1.165, 1.54) is 5.56 Å². The minimum Gasteiger partial charge on any atom is -0.362 e. The minimum absolute atomic E-state index is 0.152. The third-order valence-corrected chi connectivity index (χ3v) is 5.49. The van der Waals surface area contributed by atoms with Crippen molar-refractivity contribution < 1.29 is 14.4 Å². The van der Waals surface area contributed by atoms with Crippen LogP contribution < -0.4 is 21.1 Å². The molecule has 3 rings (SSSR count). The molecule has 2 aromatic rings. The Labute approximate surface area is 183 Å². The highest BCUT2D eigenvalue weighted by atomic mass is 16.2. The Morgan fingerprint density at radius 2 is 1.71 bits per heavy atom. The topological polar surface area (TPSA) is 90.5 Å². The first-order chi connectivity index (χ1) is 14.9. The third kappa shape index (κ3) is 5.63. The van der Waals surface area contributed by atoms with Crippen LogP contribution in [0, 0.1) is 12.8 Å². The van der Waals surface area contributed by atoms with Gasteiger partial charge in [-0.3, -0.25) is 25.2 Å². The van der Waals surface area contributed by atoms with Gasteiger partial charge in [0, 0.05) is 17.8 Å². The fraction of sp³-hybridized carbons (Fsp3) is 0.375. The number of nitrogens with zero attached hydrogens (tertiary/aromatic N) is 1. The van der Waals surface area contributed by atoms with Gasteiger partial charge in [0.25, 0.3) is 17.7 Å². The van der Waals surface area contributed by atoms with E-state index in [1.807, 2.05) is 56.0 Å². The van der Waals surface area contributed by atoms with Crippen LogP contribution in [0.25, 0.3) is 0 Å². The quantitative estimate of drug-likeness (QED) is 0.624. The summed E-state index contributed by atoms with van der Waals surface area (Å²) in [5, 5.41) is 2.78. The number of hydrogen-bond donors (Lipinski definition) is 3. The van der Waals surface area contributed by atoms with E-state index in [-0.39, 0.29) is 24.3 Å². The molecule has 1 heterocycles. The largest absolute Gasteiger partial charge is 0.362 e. The van der Waals surface area contributed by atoms with Gasteiger partial charge in [0.2, 0.25) is 0 Å². The first-order valence-electron chi connectivity index (χ1n) is 10.6. The van der Waals surface area contributed by atoms with E-state index in [9.17, 15) is 14.4 Å². The molecule has 0 aromatic heterocycles. The zero-order valence-electron chi connectivity index (χ0n) is 18.3. The maximum absolute atomic E-state index is 12.7. The van der Waals surface area contributed by atoms with Crippen LogP contribution in [0.1, 0.15) is 41.8 Å². The van der Waals surface area contributed by atoms with E-state index >= 15 is 0 Å². The first kappa shape index (κ1) is 22.3. The molecular formula is C24H30N4O3. The monoisotopic (exact) mass is 422 g/mol. The van der Waals surface area contributed by atoms with Gasteiger partial charge in [-0.15, -0.1) is 0 Å². The molecule has 0 radical (unpaired) electrons. The van der Waals surface area contributed by atoms with Gasteiger partial charge in [0.1, 0.15) is 6.04 Å². The predicted molar refractivity (Wildman–Crippen MR) is 121 cm³/mol. The molecule has 1 atom stereocenters. The standard InChI is InChI=1S/C24H30N4O3/c1-16(2)22(25-23(30)19-12-6-4-9-17(19)3)24(31)27-26-21(29)15-28-14-8-11-18-10-5-7-13-20(18)28/h4-7,9-10,12-13,16,22H,8,11,14-15H2,1-3H3,(H,25,30)(H,26,29)(H,27,31)/t22-/m0/s1. The number of hydrogen-bond acceptors (Lipinski definition) is 4. The molecule has 1 aliphatic rings. The Morgan fingerprint density at radius 1 is 1.00 bits per heavy atom. The van der Waals surface area contributed by atoms with Crippen molar-refractivity contribution >= 4 is 23.4 Å². The van der Waals surface area contributed by atoms with E-state index in [1.54, 1.807) is 12.1 Å². The van der Waals surface area contributed by atoms with Gasteiger partial charge in [0.15, 0.2) is 0 Å². The number of aryl methyl sites for hydroxylation is 2. The van der Waals surface area contributed by atoms with Crippen molar-refractivity contribution in [1.82, 2.24) is 16.2 Å². The second kappa shape index (κ2) is 10.1. The van der Waals surface area contributed by atoms with E-state index in [4.69, 9.17) is 0 Å². The summed E-state index contributed by atoms with van der Waals surface area (Å²) in [6.45, 7) is 6.47.